The number of ether oxygens (including phenoxy) is 3. The van der Waals surface area contributed by atoms with Crippen molar-refractivity contribution in [3.05, 3.63) is 109 Å². The van der Waals surface area contributed by atoms with Crippen LogP contribution in [0.15, 0.2) is 130 Å². The van der Waals surface area contributed by atoms with Gasteiger partial charge in [-0.15, -0.1) is 15.3 Å². The maximum absolute atomic E-state index is 12.6. The first kappa shape index (κ1) is 34.4. The first-order valence-electron chi connectivity index (χ1n) is 16.4. The molecular weight excluding hydrogens is 648 g/mol. The summed E-state index contributed by atoms with van der Waals surface area (Å²) in [4.78, 5) is 36.1. The summed E-state index contributed by atoms with van der Waals surface area (Å²) in [6.07, 6.45) is -0.352. The predicted molar refractivity (Wildman–Crippen MR) is 195 cm³/mol. The second kappa shape index (κ2) is 15.4. The summed E-state index contributed by atoms with van der Waals surface area (Å²) < 4.78 is 15.5. The number of nitrogens with zero attached hydrogens (tertiary/aromatic N) is 4. The van der Waals surface area contributed by atoms with Crippen LogP contribution in [-0.2, 0) is 28.6 Å². The summed E-state index contributed by atoms with van der Waals surface area (Å²) in [6, 6.07) is 30.9. The molecule has 1 atom stereocenters. The van der Waals surface area contributed by atoms with Gasteiger partial charge in [0.25, 0.3) is 0 Å². The molecule has 12 heteroatoms. The molecule has 0 spiro atoms. The smallest absolute Gasteiger partial charge is 0.333 e. The van der Waals surface area contributed by atoms with Crippen LogP contribution < -0.4 is 10.6 Å². The Balaban J connectivity index is 1.14. The van der Waals surface area contributed by atoms with Gasteiger partial charge in [0.05, 0.1) is 35.6 Å². The van der Waals surface area contributed by atoms with Gasteiger partial charge < -0.3 is 24.8 Å². The van der Waals surface area contributed by atoms with Crippen LogP contribution in [0.1, 0.15) is 26.7 Å². The van der Waals surface area contributed by atoms with Crippen molar-refractivity contribution in [2.75, 3.05) is 30.5 Å². The number of carbonyl (C=O) groups is 3. The molecule has 1 aliphatic rings. The number of hydrogen-bond acceptors (Lipinski definition) is 12. The van der Waals surface area contributed by atoms with E-state index in [-0.39, 0.29) is 38.2 Å². The van der Waals surface area contributed by atoms with Crippen LogP contribution in [0.3, 0.4) is 0 Å². The van der Waals surface area contributed by atoms with Gasteiger partial charge in [0, 0.05) is 27.4 Å². The van der Waals surface area contributed by atoms with E-state index in [2.05, 4.69) is 32.6 Å². The summed E-state index contributed by atoms with van der Waals surface area (Å²) in [5.74, 6) is -1.74. The zero-order chi connectivity index (χ0) is 35.8. The number of azo groups is 2. The Bertz CT molecular complexity index is 2180. The quantitative estimate of drug-likeness (QED) is 0.0409. The fraction of sp³-hybridized carbons (Fsp3) is 0.205. The molecular formula is C39H36N6O6. The second-order valence-electron chi connectivity index (χ2n) is 12.1. The highest BCUT2D eigenvalue weighted by Crippen LogP contribution is 2.44. The zero-order valence-corrected chi connectivity index (χ0v) is 28.2. The third-order valence-corrected chi connectivity index (χ3v) is 7.99. The van der Waals surface area contributed by atoms with E-state index in [1.165, 1.54) is 6.92 Å². The fourth-order valence-electron chi connectivity index (χ4n) is 5.50. The first-order chi connectivity index (χ1) is 24.7. The van der Waals surface area contributed by atoms with Gasteiger partial charge >= 0.3 is 17.9 Å². The van der Waals surface area contributed by atoms with Crippen molar-refractivity contribution in [2.45, 2.75) is 32.4 Å². The molecule has 0 saturated heterocycles. The summed E-state index contributed by atoms with van der Waals surface area (Å²) in [6.45, 7) is 6.60. The lowest BCUT2D eigenvalue weighted by Crippen LogP contribution is -2.49. The lowest BCUT2D eigenvalue weighted by molar-refractivity contribution is -0.153. The van der Waals surface area contributed by atoms with Gasteiger partial charge in [0.15, 0.2) is 0 Å². The minimum Gasteiger partial charge on any atom is -0.462 e. The Morgan fingerprint density at radius 3 is 1.98 bits per heavy atom. The molecule has 0 bridgehead atoms. The van der Waals surface area contributed by atoms with Gasteiger partial charge in [0.2, 0.25) is 0 Å². The summed E-state index contributed by atoms with van der Waals surface area (Å²) >= 11 is 0. The monoisotopic (exact) mass is 684 g/mol. The van der Waals surface area contributed by atoms with Crippen molar-refractivity contribution in [3.8, 4) is 0 Å². The summed E-state index contributed by atoms with van der Waals surface area (Å²) in [5.41, 5.74) is 3.66. The first-order valence-corrected chi connectivity index (χ1v) is 16.4. The molecule has 258 valence electrons. The average molecular weight is 685 g/mol. The SMILES string of the molecule is C=C(C)C(=O)OCCOC(=O)CCC(=O)OCC1(C)Nc2cccc3ccc(N=Nc4ccc(N=Nc5ccccc5)c5ccccc45)c(c23)N1. The number of benzene rings is 5. The van der Waals surface area contributed by atoms with Crippen molar-refractivity contribution in [2.24, 2.45) is 20.5 Å². The van der Waals surface area contributed by atoms with E-state index in [9.17, 15) is 14.4 Å². The number of esters is 3. The Kier molecular flexibility index (Phi) is 10.4. The van der Waals surface area contributed by atoms with Crippen LogP contribution in [-0.4, -0.2) is 43.4 Å². The molecule has 2 N–H and O–H groups in total. The van der Waals surface area contributed by atoms with Crippen LogP contribution in [0, 0.1) is 0 Å². The lowest BCUT2D eigenvalue weighted by Gasteiger charge is -2.38. The lowest BCUT2D eigenvalue weighted by atomic mass is 9.99. The highest BCUT2D eigenvalue weighted by atomic mass is 16.6. The number of rotatable bonds is 13. The Hall–Kier alpha value is -6.43. The van der Waals surface area contributed by atoms with Crippen molar-refractivity contribution in [3.63, 3.8) is 0 Å². The van der Waals surface area contributed by atoms with Gasteiger partial charge in [-0.05, 0) is 55.6 Å². The van der Waals surface area contributed by atoms with Crippen LogP contribution >= 0.6 is 0 Å². The third-order valence-electron chi connectivity index (χ3n) is 7.99. The van der Waals surface area contributed by atoms with Gasteiger partial charge in [0.1, 0.15) is 31.2 Å². The minimum atomic E-state index is -0.908. The molecule has 0 fully saturated rings. The van der Waals surface area contributed by atoms with Gasteiger partial charge in [-0.25, -0.2) is 4.79 Å². The van der Waals surface area contributed by atoms with E-state index >= 15 is 0 Å². The number of fused-ring (bicyclic) bond motifs is 1. The zero-order valence-electron chi connectivity index (χ0n) is 28.2. The molecule has 1 heterocycles. The highest BCUT2D eigenvalue weighted by Gasteiger charge is 2.33. The molecule has 6 rings (SSSR count). The predicted octanol–water partition coefficient (Wildman–Crippen LogP) is 9.36. The average Bonchev–Trinajstić information content (AvgIpc) is 3.14. The van der Waals surface area contributed by atoms with E-state index in [1.54, 1.807) is 0 Å². The molecule has 0 amide bonds. The fourth-order valence-corrected chi connectivity index (χ4v) is 5.50. The van der Waals surface area contributed by atoms with E-state index in [1.807, 2.05) is 104 Å². The topological polar surface area (TPSA) is 152 Å². The molecule has 1 unspecified atom stereocenters. The largest absolute Gasteiger partial charge is 0.462 e. The molecule has 0 radical (unpaired) electrons. The molecule has 12 nitrogen and oxygen atoms in total. The number of nitrogens with one attached hydrogen (secondary N) is 2. The molecule has 0 aromatic heterocycles. The Morgan fingerprint density at radius 2 is 1.27 bits per heavy atom. The van der Waals surface area contributed by atoms with E-state index in [0.29, 0.717) is 11.4 Å². The summed E-state index contributed by atoms with van der Waals surface area (Å²) in [5, 5.41) is 28.9. The Labute approximate surface area is 294 Å². The maximum atomic E-state index is 12.6. The maximum Gasteiger partial charge on any atom is 0.333 e. The van der Waals surface area contributed by atoms with Crippen molar-refractivity contribution < 1.29 is 28.6 Å². The number of anilines is 2. The number of carbonyl (C=O) groups excluding carboxylic acids is 3. The molecule has 0 saturated carbocycles. The van der Waals surface area contributed by atoms with Crippen LogP contribution in [0.4, 0.5) is 34.1 Å². The van der Waals surface area contributed by atoms with Crippen molar-refractivity contribution in [1.82, 2.24) is 0 Å². The molecule has 5 aromatic rings. The van der Waals surface area contributed by atoms with Crippen molar-refractivity contribution >= 4 is 73.6 Å². The normalized spacial score (nSPS) is 15.0. The van der Waals surface area contributed by atoms with E-state index in [0.717, 1.165) is 44.3 Å². The van der Waals surface area contributed by atoms with Gasteiger partial charge in [-0.1, -0.05) is 67.2 Å². The highest BCUT2D eigenvalue weighted by molar-refractivity contribution is 6.09. The standard InChI is InChI=1S/C39H36N6O6/c1-25(2)38(48)50-23-22-49-34(46)20-21-35(47)51-24-39(3)40-32-15-9-10-26-16-17-33(37(41-39)36(26)32)45-44-31-19-18-30(28-13-7-8-14-29(28)31)43-42-27-11-5-4-6-12-27/h4-19,40-41H,1,20-24H2,2-3H3. The minimum absolute atomic E-state index is 0.0529. The van der Waals surface area contributed by atoms with Crippen molar-refractivity contribution in [1.29, 1.82) is 0 Å². The third kappa shape index (κ3) is 8.42. The van der Waals surface area contributed by atoms with Gasteiger partial charge in [-0.3, -0.25) is 9.59 Å². The second-order valence-corrected chi connectivity index (χ2v) is 12.1. The molecule has 1 aliphatic heterocycles. The van der Waals surface area contributed by atoms with Crippen LogP contribution in [0.2, 0.25) is 0 Å². The number of hydrogen-bond donors (Lipinski definition) is 2. The van der Waals surface area contributed by atoms with E-state index < -0.39 is 23.6 Å². The molecule has 51 heavy (non-hydrogen) atoms. The molecule has 0 aliphatic carbocycles. The van der Waals surface area contributed by atoms with Crippen LogP contribution in [0.25, 0.3) is 21.5 Å². The van der Waals surface area contributed by atoms with Gasteiger partial charge in [-0.2, -0.15) is 5.11 Å². The Morgan fingerprint density at radius 1 is 0.667 bits per heavy atom. The molecule has 5 aromatic carbocycles. The van der Waals surface area contributed by atoms with Crippen LogP contribution in [0.5, 0.6) is 0 Å². The summed E-state index contributed by atoms with van der Waals surface area (Å²) in [7, 11) is 0. The van der Waals surface area contributed by atoms with E-state index in [4.69, 9.17) is 19.3 Å².